The van der Waals surface area contributed by atoms with E-state index in [1.807, 2.05) is 0 Å². The third kappa shape index (κ3) is 2.70. The van der Waals surface area contributed by atoms with E-state index in [9.17, 15) is 4.79 Å². The standard InChI is InChI=1S/C11H8BrNO3/c12-8-3-11(5-13-4-8)15-7-10-2-1-9(6-14)16-10/h1-6H,7H2. The molecule has 0 aliphatic carbocycles. The number of furan rings is 1. The summed E-state index contributed by atoms with van der Waals surface area (Å²) in [5.74, 6) is 1.53. The molecule has 0 amide bonds. The minimum atomic E-state index is 0.270. The van der Waals surface area contributed by atoms with Gasteiger partial charge in [0, 0.05) is 10.7 Å². The number of carbonyl (C=O) groups is 1. The van der Waals surface area contributed by atoms with E-state index in [0.29, 0.717) is 23.6 Å². The summed E-state index contributed by atoms with van der Waals surface area (Å²) in [5.41, 5.74) is 0. The SMILES string of the molecule is O=Cc1ccc(COc2cncc(Br)c2)o1. The van der Waals surface area contributed by atoms with Crippen molar-refractivity contribution in [3.8, 4) is 5.75 Å². The second-order valence-corrected chi connectivity index (χ2v) is 3.97. The van der Waals surface area contributed by atoms with Gasteiger partial charge in [0.15, 0.2) is 12.0 Å². The van der Waals surface area contributed by atoms with E-state index in [-0.39, 0.29) is 6.61 Å². The number of pyridine rings is 1. The van der Waals surface area contributed by atoms with Crippen LogP contribution in [0.4, 0.5) is 0 Å². The Morgan fingerprint density at radius 3 is 3.00 bits per heavy atom. The van der Waals surface area contributed by atoms with Crippen molar-refractivity contribution in [3.63, 3.8) is 0 Å². The predicted octanol–water partition coefficient (Wildman–Crippen LogP) is 2.83. The van der Waals surface area contributed by atoms with Gasteiger partial charge >= 0.3 is 0 Å². The van der Waals surface area contributed by atoms with Crippen LogP contribution in [0.15, 0.2) is 39.5 Å². The summed E-state index contributed by atoms with van der Waals surface area (Å²) in [6.45, 7) is 0.270. The summed E-state index contributed by atoms with van der Waals surface area (Å²) in [7, 11) is 0. The van der Waals surface area contributed by atoms with E-state index in [0.717, 1.165) is 4.47 Å². The van der Waals surface area contributed by atoms with Gasteiger partial charge in [-0.05, 0) is 34.1 Å². The second kappa shape index (κ2) is 4.94. The first-order chi connectivity index (χ1) is 7.78. The number of halogens is 1. The van der Waals surface area contributed by atoms with E-state index in [4.69, 9.17) is 9.15 Å². The number of ether oxygens (including phenoxy) is 1. The molecule has 0 radical (unpaired) electrons. The molecular weight excluding hydrogens is 274 g/mol. The average Bonchev–Trinajstić information content (AvgIpc) is 2.74. The van der Waals surface area contributed by atoms with Gasteiger partial charge < -0.3 is 9.15 Å². The minimum absolute atomic E-state index is 0.270. The van der Waals surface area contributed by atoms with E-state index >= 15 is 0 Å². The van der Waals surface area contributed by atoms with Gasteiger partial charge in [0.2, 0.25) is 0 Å². The topological polar surface area (TPSA) is 52.3 Å². The molecule has 0 N–H and O–H groups in total. The van der Waals surface area contributed by atoms with Crippen LogP contribution in [-0.2, 0) is 6.61 Å². The highest BCUT2D eigenvalue weighted by molar-refractivity contribution is 9.10. The lowest BCUT2D eigenvalue weighted by Gasteiger charge is -2.03. The average molecular weight is 282 g/mol. The number of aromatic nitrogens is 1. The first-order valence-electron chi connectivity index (χ1n) is 4.55. The van der Waals surface area contributed by atoms with E-state index in [1.165, 1.54) is 0 Å². The Morgan fingerprint density at radius 2 is 2.31 bits per heavy atom. The van der Waals surface area contributed by atoms with Gasteiger partial charge in [0.05, 0.1) is 6.20 Å². The lowest BCUT2D eigenvalue weighted by atomic mass is 10.4. The van der Waals surface area contributed by atoms with E-state index in [2.05, 4.69) is 20.9 Å². The lowest BCUT2D eigenvalue weighted by Crippen LogP contribution is -1.94. The van der Waals surface area contributed by atoms with Crippen LogP contribution in [0.5, 0.6) is 5.75 Å². The fraction of sp³-hybridized carbons (Fsp3) is 0.0909. The molecule has 16 heavy (non-hydrogen) atoms. The predicted molar refractivity (Wildman–Crippen MR) is 60.4 cm³/mol. The van der Waals surface area contributed by atoms with Crippen LogP contribution in [0.25, 0.3) is 0 Å². The molecule has 2 rings (SSSR count). The Balaban J connectivity index is 1.99. The van der Waals surface area contributed by atoms with Crippen molar-refractivity contribution in [2.45, 2.75) is 6.61 Å². The fourth-order valence-corrected chi connectivity index (χ4v) is 1.51. The van der Waals surface area contributed by atoms with Gasteiger partial charge in [-0.25, -0.2) is 0 Å². The summed E-state index contributed by atoms with van der Waals surface area (Å²) in [6, 6.07) is 5.11. The van der Waals surface area contributed by atoms with Gasteiger partial charge in [0.1, 0.15) is 18.1 Å². The van der Waals surface area contributed by atoms with Gasteiger partial charge in [-0.1, -0.05) is 0 Å². The third-order valence-corrected chi connectivity index (χ3v) is 2.29. The Kier molecular flexibility index (Phi) is 3.36. The van der Waals surface area contributed by atoms with Gasteiger partial charge in [-0.15, -0.1) is 0 Å². The Bertz CT molecular complexity index is 495. The maximum atomic E-state index is 10.4. The molecule has 0 spiro atoms. The fourth-order valence-electron chi connectivity index (χ4n) is 1.16. The first-order valence-corrected chi connectivity index (χ1v) is 5.34. The maximum absolute atomic E-state index is 10.4. The molecule has 4 nitrogen and oxygen atoms in total. The van der Waals surface area contributed by atoms with Crippen molar-refractivity contribution < 1.29 is 13.9 Å². The molecule has 0 saturated heterocycles. The molecular formula is C11H8BrNO3. The molecule has 0 fully saturated rings. The second-order valence-electron chi connectivity index (χ2n) is 3.05. The Hall–Kier alpha value is -1.62. The van der Waals surface area contributed by atoms with Crippen molar-refractivity contribution >= 4 is 22.2 Å². The maximum Gasteiger partial charge on any atom is 0.185 e. The lowest BCUT2D eigenvalue weighted by molar-refractivity contribution is 0.109. The van der Waals surface area contributed by atoms with Crippen LogP contribution in [0.2, 0.25) is 0 Å². The highest BCUT2D eigenvalue weighted by Crippen LogP contribution is 2.17. The van der Waals surface area contributed by atoms with Gasteiger partial charge in [-0.3, -0.25) is 9.78 Å². The van der Waals surface area contributed by atoms with Crippen LogP contribution >= 0.6 is 15.9 Å². The smallest absolute Gasteiger partial charge is 0.185 e. The molecule has 0 saturated carbocycles. The summed E-state index contributed by atoms with van der Waals surface area (Å²) in [4.78, 5) is 14.3. The molecule has 0 bridgehead atoms. The molecule has 0 aliphatic rings. The molecule has 0 atom stereocenters. The number of rotatable bonds is 4. The number of carbonyl (C=O) groups excluding carboxylic acids is 1. The van der Waals surface area contributed by atoms with Gasteiger partial charge in [-0.2, -0.15) is 0 Å². The largest absolute Gasteiger partial charge is 0.484 e. The highest BCUT2D eigenvalue weighted by atomic mass is 79.9. The zero-order chi connectivity index (χ0) is 11.4. The quantitative estimate of drug-likeness (QED) is 0.809. The number of hydrogen-bond acceptors (Lipinski definition) is 4. The summed E-state index contributed by atoms with van der Waals surface area (Å²) in [5, 5.41) is 0. The van der Waals surface area contributed by atoms with Crippen LogP contribution in [0.1, 0.15) is 16.3 Å². The molecule has 0 aliphatic heterocycles. The van der Waals surface area contributed by atoms with Crippen molar-refractivity contribution in [2.75, 3.05) is 0 Å². The van der Waals surface area contributed by atoms with Crippen LogP contribution in [0, 0.1) is 0 Å². The minimum Gasteiger partial charge on any atom is -0.484 e. The molecule has 0 unspecified atom stereocenters. The molecule has 2 heterocycles. The zero-order valence-corrected chi connectivity index (χ0v) is 9.81. The Morgan fingerprint density at radius 1 is 1.44 bits per heavy atom. The monoisotopic (exact) mass is 281 g/mol. The van der Waals surface area contributed by atoms with Crippen LogP contribution in [0.3, 0.4) is 0 Å². The Labute approximate surface area is 100 Å². The molecule has 5 heteroatoms. The molecule has 2 aromatic rings. The van der Waals surface area contributed by atoms with Gasteiger partial charge in [0.25, 0.3) is 0 Å². The molecule has 82 valence electrons. The van der Waals surface area contributed by atoms with E-state index in [1.54, 1.807) is 30.6 Å². The highest BCUT2D eigenvalue weighted by Gasteiger charge is 2.02. The summed E-state index contributed by atoms with van der Waals surface area (Å²) >= 11 is 3.29. The number of aldehydes is 1. The van der Waals surface area contributed by atoms with E-state index < -0.39 is 0 Å². The van der Waals surface area contributed by atoms with Crippen molar-refractivity contribution in [1.29, 1.82) is 0 Å². The van der Waals surface area contributed by atoms with Crippen molar-refractivity contribution in [1.82, 2.24) is 4.98 Å². The number of nitrogens with zero attached hydrogens (tertiary/aromatic N) is 1. The molecule has 0 aromatic carbocycles. The zero-order valence-electron chi connectivity index (χ0n) is 8.22. The normalized spacial score (nSPS) is 10.1. The third-order valence-electron chi connectivity index (χ3n) is 1.86. The van der Waals surface area contributed by atoms with Crippen molar-refractivity contribution in [3.05, 3.63) is 46.6 Å². The van der Waals surface area contributed by atoms with Crippen LogP contribution in [-0.4, -0.2) is 11.3 Å². The summed E-state index contributed by atoms with van der Waals surface area (Å²) in [6.07, 6.45) is 3.93. The molecule has 2 aromatic heterocycles. The summed E-state index contributed by atoms with van der Waals surface area (Å²) < 4.78 is 11.4. The van der Waals surface area contributed by atoms with Crippen LogP contribution < -0.4 is 4.74 Å². The number of hydrogen-bond donors (Lipinski definition) is 0. The first kappa shape index (κ1) is 10.9. The van der Waals surface area contributed by atoms with Crippen molar-refractivity contribution in [2.24, 2.45) is 0 Å².